The van der Waals surface area contributed by atoms with Gasteiger partial charge in [-0.2, -0.15) is 0 Å². The van der Waals surface area contributed by atoms with Gasteiger partial charge in [0, 0.05) is 16.5 Å². The molecule has 1 fully saturated rings. The van der Waals surface area contributed by atoms with Crippen molar-refractivity contribution in [2.24, 2.45) is 5.92 Å². The summed E-state index contributed by atoms with van der Waals surface area (Å²) in [5.41, 5.74) is 0.706. The molecule has 0 bridgehead atoms. The van der Waals surface area contributed by atoms with E-state index >= 15 is 0 Å². The number of benzene rings is 2. The van der Waals surface area contributed by atoms with Gasteiger partial charge in [-0.15, -0.1) is 0 Å². The van der Waals surface area contributed by atoms with Crippen molar-refractivity contribution in [2.75, 3.05) is 14.1 Å². The maximum Gasteiger partial charge on any atom is 0.0262 e. The SMILES string of the molecule is C[C@H](C1CCC(P(c2ccccc2)c2ccccc2)C1Br)N(C)C. The van der Waals surface area contributed by atoms with E-state index in [-0.39, 0.29) is 7.92 Å². The van der Waals surface area contributed by atoms with Crippen molar-refractivity contribution in [1.82, 2.24) is 4.90 Å². The average Bonchev–Trinajstić information content (AvgIpc) is 2.98. The van der Waals surface area contributed by atoms with Gasteiger partial charge in [0.2, 0.25) is 0 Å². The molecule has 0 radical (unpaired) electrons. The van der Waals surface area contributed by atoms with Gasteiger partial charge in [0.05, 0.1) is 0 Å². The van der Waals surface area contributed by atoms with Crippen LogP contribution in [-0.4, -0.2) is 35.5 Å². The predicted molar refractivity (Wildman–Crippen MR) is 111 cm³/mol. The first-order valence-electron chi connectivity index (χ1n) is 8.79. The number of alkyl halides is 1. The molecule has 1 saturated carbocycles. The van der Waals surface area contributed by atoms with Gasteiger partial charge >= 0.3 is 0 Å². The largest absolute Gasteiger partial charge is 0.306 e. The van der Waals surface area contributed by atoms with Gasteiger partial charge in [0.1, 0.15) is 0 Å². The third-order valence-electron chi connectivity index (χ3n) is 5.41. The molecule has 3 heteroatoms. The molecule has 0 aromatic heterocycles. The lowest BCUT2D eigenvalue weighted by Crippen LogP contribution is -2.37. The topological polar surface area (TPSA) is 3.24 Å². The minimum atomic E-state index is -0.327. The zero-order valence-electron chi connectivity index (χ0n) is 14.8. The van der Waals surface area contributed by atoms with Crippen LogP contribution in [0.2, 0.25) is 0 Å². The Morgan fingerprint density at radius 1 is 0.917 bits per heavy atom. The standard InChI is InChI=1S/C21H27BrNP/c1-16(23(2)3)19-14-15-20(21(19)22)24(17-10-6-4-7-11-17)18-12-8-5-9-13-18/h4-13,16,19-21H,14-15H2,1-3H3/t16-,19?,20?,21?/m1/s1. The Morgan fingerprint density at radius 2 is 1.42 bits per heavy atom. The van der Waals surface area contributed by atoms with Gasteiger partial charge in [-0.3, -0.25) is 0 Å². The first kappa shape index (κ1) is 18.1. The number of nitrogens with zero attached hydrogens (tertiary/aromatic N) is 1. The van der Waals surface area contributed by atoms with Crippen molar-refractivity contribution in [3.8, 4) is 0 Å². The Morgan fingerprint density at radius 3 is 1.88 bits per heavy atom. The second-order valence-electron chi connectivity index (χ2n) is 7.00. The fourth-order valence-electron chi connectivity index (χ4n) is 3.84. The lowest BCUT2D eigenvalue weighted by atomic mass is 9.99. The maximum atomic E-state index is 4.12. The van der Waals surface area contributed by atoms with Crippen LogP contribution in [0.5, 0.6) is 0 Å². The van der Waals surface area contributed by atoms with E-state index in [0.717, 1.165) is 5.92 Å². The van der Waals surface area contributed by atoms with E-state index in [1.165, 1.54) is 23.5 Å². The van der Waals surface area contributed by atoms with Crippen LogP contribution in [0.4, 0.5) is 0 Å². The molecule has 4 atom stereocenters. The first-order valence-corrected chi connectivity index (χ1v) is 11.1. The second-order valence-corrected chi connectivity index (χ2v) is 10.5. The molecule has 1 nitrogen and oxygen atoms in total. The highest BCUT2D eigenvalue weighted by molar-refractivity contribution is 9.09. The van der Waals surface area contributed by atoms with E-state index in [1.807, 2.05) is 0 Å². The molecule has 1 aliphatic rings. The molecule has 128 valence electrons. The van der Waals surface area contributed by atoms with Crippen LogP contribution in [-0.2, 0) is 0 Å². The molecule has 2 aromatic carbocycles. The predicted octanol–water partition coefficient (Wildman–Crippen LogP) is 4.61. The summed E-state index contributed by atoms with van der Waals surface area (Å²) in [6.45, 7) is 2.37. The highest BCUT2D eigenvalue weighted by Crippen LogP contribution is 2.52. The lowest BCUT2D eigenvalue weighted by molar-refractivity contribution is 0.234. The van der Waals surface area contributed by atoms with Crippen LogP contribution in [0, 0.1) is 5.92 Å². The van der Waals surface area contributed by atoms with Crippen LogP contribution in [0.1, 0.15) is 19.8 Å². The molecule has 24 heavy (non-hydrogen) atoms. The van der Waals surface area contributed by atoms with E-state index in [0.29, 0.717) is 16.5 Å². The Hall–Kier alpha value is -0.690. The Labute approximate surface area is 156 Å². The molecule has 0 saturated heterocycles. The molecule has 3 unspecified atom stereocenters. The van der Waals surface area contributed by atoms with E-state index in [4.69, 9.17) is 0 Å². The molecule has 0 heterocycles. The monoisotopic (exact) mass is 403 g/mol. The van der Waals surface area contributed by atoms with E-state index in [1.54, 1.807) is 0 Å². The molecule has 1 aliphatic carbocycles. The minimum absolute atomic E-state index is 0.327. The molecule has 0 amide bonds. The number of rotatable bonds is 5. The average molecular weight is 404 g/mol. The fraction of sp³-hybridized carbons (Fsp3) is 0.429. The Kier molecular flexibility index (Phi) is 6.13. The molecule has 0 N–H and O–H groups in total. The number of halogens is 1. The van der Waals surface area contributed by atoms with Crippen LogP contribution < -0.4 is 10.6 Å². The van der Waals surface area contributed by atoms with Gasteiger partial charge in [0.15, 0.2) is 0 Å². The summed E-state index contributed by atoms with van der Waals surface area (Å²) in [5.74, 6) is 0.724. The van der Waals surface area contributed by atoms with Crippen molar-refractivity contribution >= 4 is 34.5 Å². The molecular formula is C21H27BrNP. The summed E-state index contributed by atoms with van der Waals surface area (Å²) in [5, 5.41) is 3.01. The molecule has 0 aliphatic heterocycles. The Balaban J connectivity index is 1.93. The van der Waals surface area contributed by atoms with Crippen molar-refractivity contribution in [3.63, 3.8) is 0 Å². The number of hydrogen-bond donors (Lipinski definition) is 0. The van der Waals surface area contributed by atoms with Gasteiger partial charge in [-0.05, 0) is 58.3 Å². The maximum absolute atomic E-state index is 4.12. The second kappa shape index (κ2) is 8.13. The van der Waals surface area contributed by atoms with Crippen molar-refractivity contribution in [1.29, 1.82) is 0 Å². The highest BCUT2D eigenvalue weighted by atomic mass is 79.9. The summed E-state index contributed by atoms with van der Waals surface area (Å²) >= 11 is 4.12. The molecule has 2 aromatic rings. The molecule has 0 spiro atoms. The zero-order valence-corrected chi connectivity index (χ0v) is 17.2. The molecular weight excluding hydrogens is 377 g/mol. The van der Waals surface area contributed by atoms with Gasteiger partial charge in [0.25, 0.3) is 0 Å². The van der Waals surface area contributed by atoms with Crippen LogP contribution >= 0.6 is 23.9 Å². The fourth-order valence-corrected chi connectivity index (χ4v) is 8.48. The summed E-state index contributed by atoms with van der Waals surface area (Å²) < 4.78 is 0. The van der Waals surface area contributed by atoms with Crippen molar-refractivity contribution in [2.45, 2.75) is 36.3 Å². The number of hydrogen-bond acceptors (Lipinski definition) is 1. The Bertz CT molecular complexity index is 591. The van der Waals surface area contributed by atoms with E-state index in [9.17, 15) is 0 Å². The van der Waals surface area contributed by atoms with Crippen LogP contribution in [0.3, 0.4) is 0 Å². The summed E-state index contributed by atoms with van der Waals surface area (Å²) in [4.78, 5) is 2.95. The highest BCUT2D eigenvalue weighted by Gasteiger charge is 2.42. The lowest BCUT2D eigenvalue weighted by Gasteiger charge is -2.33. The smallest absolute Gasteiger partial charge is 0.0262 e. The van der Waals surface area contributed by atoms with Crippen LogP contribution in [0.25, 0.3) is 0 Å². The van der Waals surface area contributed by atoms with Crippen molar-refractivity contribution < 1.29 is 0 Å². The first-order chi connectivity index (χ1) is 11.6. The van der Waals surface area contributed by atoms with Gasteiger partial charge < -0.3 is 4.90 Å². The van der Waals surface area contributed by atoms with Crippen molar-refractivity contribution in [3.05, 3.63) is 60.7 Å². The summed E-state index contributed by atoms with van der Waals surface area (Å²) in [7, 11) is 4.08. The minimum Gasteiger partial charge on any atom is -0.306 e. The van der Waals surface area contributed by atoms with E-state index in [2.05, 4.69) is 103 Å². The molecule has 3 rings (SSSR count). The van der Waals surface area contributed by atoms with Gasteiger partial charge in [-0.1, -0.05) is 76.6 Å². The normalized spacial score (nSPS) is 25.3. The quantitative estimate of drug-likeness (QED) is 0.520. The summed E-state index contributed by atoms with van der Waals surface area (Å²) in [6, 6.07) is 22.9. The zero-order chi connectivity index (χ0) is 17.1. The van der Waals surface area contributed by atoms with Crippen LogP contribution in [0.15, 0.2) is 60.7 Å². The van der Waals surface area contributed by atoms with E-state index < -0.39 is 0 Å². The third kappa shape index (κ3) is 3.77. The summed E-state index contributed by atoms with van der Waals surface area (Å²) in [6.07, 6.45) is 2.63. The van der Waals surface area contributed by atoms with Gasteiger partial charge in [-0.25, -0.2) is 0 Å². The third-order valence-corrected chi connectivity index (χ3v) is 10.1.